The molecule has 0 aromatic carbocycles. The van der Waals surface area contributed by atoms with Crippen molar-refractivity contribution in [2.45, 2.75) is 353 Å². The maximum atomic E-state index is 12.5. The Bertz CT molecular complexity index is 1300. The van der Waals surface area contributed by atoms with Crippen molar-refractivity contribution in [3.63, 3.8) is 0 Å². The van der Waals surface area contributed by atoms with Crippen molar-refractivity contribution in [2.75, 3.05) is 13.2 Å². The summed E-state index contributed by atoms with van der Waals surface area (Å²) in [5.41, 5.74) is 0. The number of hydrogen-bond acceptors (Lipinski definition) is 5. The van der Waals surface area contributed by atoms with Crippen LogP contribution in [0.1, 0.15) is 341 Å². The fourth-order valence-electron chi connectivity index (χ4n) is 9.93. The normalized spacial score (nSPS) is 13.0. The molecule has 0 aliphatic heterocycles. The number of ether oxygens (including phenoxy) is 1. The van der Waals surface area contributed by atoms with Crippen molar-refractivity contribution < 1.29 is 24.5 Å². The van der Waals surface area contributed by atoms with Crippen molar-refractivity contribution in [2.24, 2.45) is 0 Å². The van der Waals surface area contributed by atoms with E-state index in [1.807, 2.05) is 6.08 Å². The summed E-state index contributed by atoms with van der Waals surface area (Å²) in [6, 6.07) is -0.637. The third-order valence-electron chi connectivity index (χ3n) is 15.0. The van der Waals surface area contributed by atoms with Crippen LogP contribution in [0.3, 0.4) is 0 Å². The van der Waals surface area contributed by atoms with Gasteiger partial charge in [-0.05, 0) is 96.3 Å². The molecule has 2 atom stereocenters. The molecule has 0 rings (SSSR count). The molecular formula is C69H127NO5. The predicted molar refractivity (Wildman–Crippen MR) is 328 cm³/mol. The molecule has 0 aliphatic rings. The van der Waals surface area contributed by atoms with E-state index >= 15 is 0 Å². The summed E-state index contributed by atoms with van der Waals surface area (Å²) in [5, 5.41) is 23.1. The predicted octanol–water partition coefficient (Wildman–Crippen LogP) is 21.1. The minimum absolute atomic E-state index is 0.00244. The van der Waals surface area contributed by atoms with Crippen LogP contribution in [0.5, 0.6) is 0 Å². The Kier molecular flexibility index (Phi) is 62.0. The fourth-order valence-corrected chi connectivity index (χ4v) is 9.93. The third kappa shape index (κ3) is 60.6. The molecule has 0 saturated heterocycles. The van der Waals surface area contributed by atoms with Gasteiger partial charge >= 0.3 is 5.97 Å². The van der Waals surface area contributed by atoms with Gasteiger partial charge in [0, 0.05) is 12.8 Å². The SMILES string of the molecule is CCCCC/C=C\C/C=C\CCCCCCCCCCCC(=O)OCCCCCCCCCCC/C=C\C/C=C\CCCCCCCCCC(=O)NC(CO)C(O)/C=C/CCCCCCCCCCCCCCCC. The molecule has 0 aliphatic carbocycles. The van der Waals surface area contributed by atoms with Gasteiger partial charge in [0.15, 0.2) is 0 Å². The number of esters is 1. The number of rotatable bonds is 61. The van der Waals surface area contributed by atoms with Crippen molar-refractivity contribution in [1.29, 1.82) is 0 Å². The fraction of sp³-hybridized carbons (Fsp3) is 0.826. The van der Waals surface area contributed by atoms with E-state index in [1.54, 1.807) is 6.08 Å². The van der Waals surface area contributed by atoms with Gasteiger partial charge in [0.1, 0.15) is 0 Å². The Morgan fingerprint density at radius 1 is 0.373 bits per heavy atom. The molecule has 0 bridgehead atoms. The molecule has 2 unspecified atom stereocenters. The average Bonchev–Trinajstić information content (AvgIpc) is 3.41. The van der Waals surface area contributed by atoms with Crippen molar-refractivity contribution in [1.82, 2.24) is 5.32 Å². The number of hydrogen-bond donors (Lipinski definition) is 3. The van der Waals surface area contributed by atoms with E-state index in [2.05, 4.69) is 67.8 Å². The molecule has 3 N–H and O–H groups in total. The number of aliphatic hydroxyl groups is 2. The summed E-state index contributed by atoms with van der Waals surface area (Å²) in [4.78, 5) is 24.6. The minimum atomic E-state index is -0.852. The van der Waals surface area contributed by atoms with E-state index in [9.17, 15) is 19.8 Å². The third-order valence-corrected chi connectivity index (χ3v) is 15.0. The maximum absolute atomic E-state index is 12.5. The maximum Gasteiger partial charge on any atom is 0.305 e. The number of unbranched alkanes of at least 4 members (excludes halogenated alkanes) is 42. The standard InChI is InChI=1S/C69H127NO5/c1-3-5-7-9-11-13-15-17-19-21-27-31-35-39-43-47-51-55-59-63-69(74)75-64-60-56-52-48-44-40-36-32-29-26-24-22-23-25-28-30-34-38-42-46-50-54-58-62-68(73)70-66(65-71)67(72)61-57-53-49-45-41-37-33-20-18-16-14-12-10-8-6-4-2/h11,13,17,19,22,24-25,28,57,61,66-67,71-72H,3-10,12,14-16,18,20-21,23,26-27,29-56,58-60,62-65H2,1-2H3,(H,70,73)/b13-11-,19-17-,24-22-,28-25-,61-57+. The Morgan fingerprint density at radius 2 is 0.667 bits per heavy atom. The summed E-state index contributed by atoms with van der Waals surface area (Å²) >= 11 is 0. The number of aliphatic hydroxyl groups excluding tert-OH is 2. The molecule has 0 spiro atoms. The summed E-state index contributed by atoms with van der Waals surface area (Å²) in [6.07, 6.45) is 84.1. The summed E-state index contributed by atoms with van der Waals surface area (Å²) < 4.78 is 5.49. The van der Waals surface area contributed by atoms with Gasteiger partial charge in [-0.1, -0.05) is 293 Å². The van der Waals surface area contributed by atoms with Gasteiger partial charge in [-0.15, -0.1) is 0 Å². The Morgan fingerprint density at radius 3 is 1.04 bits per heavy atom. The Labute approximate surface area is 467 Å². The monoisotopic (exact) mass is 1050 g/mol. The van der Waals surface area contributed by atoms with E-state index in [4.69, 9.17) is 4.74 Å². The molecule has 0 fully saturated rings. The van der Waals surface area contributed by atoms with Gasteiger partial charge in [-0.2, -0.15) is 0 Å². The number of carbonyl (C=O) groups is 2. The van der Waals surface area contributed by atoms with E-state index < -0.39 is 12.1 Å². The molecule has 438 valence electrons. The molecule has 75 heavy (non-hydrogen) atoms. The average molecular weight is 1050 g/mol. The molecule has 0 aromatic heterocycles. The lowest BCUT2D eigenvalue weighted by Gasteiger charge is -2.20. The summed E-state index contributed by atoms with van der Waals surface area (Å²) in [7, 11) is 0. The Balaban J connectivity index is 3.46. The van der Waals surface area contributed by atoms with Crippen LogP contribution in [0.15, 0.2) is 60.8 Å². The van der Waals surface area contributed by atoms with Crippen LogP contribution in [0.4, 0.5) is 0 Å². The highest BCUT2D eigenvalue weighted by atomic mass is 16.5. The van der Waals surface area contributed by atoms with Crippen molar-refractivity contribution in [3.05, 3.63) is 60.8 Å². The van der Waals surface area contributed by atoms with Crippen LogP contribution in [0.25, 0.3) is 0 Å². The van der Waals surface area contributed by atoms with E-state index in [1.165, 1.54) is 244 Å². The molecule has 0 aromatic rings. The number of amides is 1. The van der Waals surface area contributed by atoms with Gasteiger partial charge in [0.25, 0.3) is 0 Å². The molecule has 6 heteroatoms. The lowest BCUT2D eigenvalue weighted by atomic mass is 10.0. The Hall–Kier alpha value is -2.44. The minimum Gasteiger partial charge on any atom is -0.466 e. The van der Waals surface area contributed by atoms with Gasteiger partial charge in [0.2, 0.25) is 5.91 Å². The van der Waals surface area contributed by atoms with Gasteiger partial charge in [0.05, 0.1) is 25.4 Å². The highest BCUT2D eigenvalue weighted by Gasteiger charge is 2.18. The van der Waals surface area contributed by atoms with Gasteiger partial charge in [-0.25, -0.2) is 0 Å². The molecule has 1 amide bonds. The second-order valence-corrected chi connectivity index (χ2v) is 22.4. The van der Waals surface area contributed by atoms with Crippen molar-refractivity contribution >= 4 is 11.9 Å². The molecule has 0 radical (unpaired) electrons. The second-order valence-electron chi connectivity index (χ2n) is 22.4. The number of allylic oxidation sites excluding steroid dienone is 9. The molecular weight excluding hydrogens is 923 g/mol. The van der Waals surface area contributed by atoms with E-state index in [0.29, 0.717) is 19.4 Å². The smallest absolute Gasteiger partial charge is 0.305 e. The first-order valence-electron chi connectivity index (χ1n) is 33.1. The first-order valence-corrected chi connectivity index (χ1v) is 33.1. The molecule has 6 nitrogen and oxygen atoms in total. The zero-order valence-electron chi connectivity index (χ0n) is 50.0. The first-order chi connectivity index (χ1) is 37.0. The topological polar surface area (TPSA) is 95.9 Å². The number of carbonyl (C=O) groups excluding carboxylic acids is 2. The van der Waals surface area contributed by atoms with Gasteiger partial charge < -0.3 is 20.3 Å². The van der Waals surface area contributed by atoms with Crippen LogP contribution >= 0.6 is 0 Å². The summed E-state index contributed by atoms with van der Waals surface area (Å²) in [6.45, 7) is 4.88. The summed E-state index contributed by atoms with van der Waals surface area (Å²) in [5.74, 6) is -0.0753. The zero-order chi connectivity index (χ0) is 54.3. The highest BCUT2D eigenvalue weighted by molar-refractivity contribution is 5.76. The largest absolute Gasteiger partial charge is 0.466 e. The lowest BCUT2D eigenvalue weighted by molar-refractivity contribution is -0.143. The highest BCUT2D eigenvalue weighted by Crippen LogP contribution is 2.17. The lowest BCUT2D eigenvalue weighted by Crippen LogP contribution is -2.45. The van der Waals surface area contributed by atoms with Crippen LogP contribution < -0.4 is 5.32 Å². The number of nitrogens with one attached hydrogen (secondary N) is 1. The van der Waals surface area contributed by atoms with E-state index in [-0.39, 0.29) is 18.5 Å². The first kappa shape index (κ1) is 72.6. The van der Waals surface area contributed by atoms with Crippen LogP contribution in [-0.4, -0.2) is 47.4 Å². The molecule has 0 heterocycles. The zero-order valence-corrected chi connectivity index (χ0v) is 50.0. The second kappa shape index (κ2) is 64.1. The van der Waals surface area contributed by atoms with Crippen LogP contribution in [0, 0.1) is 0 Å². The van der Waals surface area contributed by atoms with Gasteiger partial charge in [-0.3, -0.25) is 9.59 Å². The van der Waals surface area contributed by atoms with Crippen LogP contribution in [-0.2, 0) is 14.3 Å². The van der Waals surface area contributed by atoms with E-state index in [0.717, 1.165) is 70.6 Å². The van der Waals surface area contributed by atoms with Crippen LogP contribution in [0.2, 0.25) is 0 Å². The quantitative estimate of drug-likeness (QED) is 0.0320. The molecule has 0 saturated carbocycles. The van der Waals surface area contributed by atoms with Crippen molar-refractivity contribution in [3.8, 4) is 0 Å².